The summed E-state index contributed by atoms with van der Waals surface area (Å²) in [7, 11) is 0. The predicted octanol–water partition coefficient (Wildman–Crippen LogP) is 1.63. The van der Waals surface area contributed by atoms with Gasteiger partial charge in [-0.2, -0.15) is 17.6 Å². The third-order valence-electron chi connectivity index (χ3n) is 4.27. The standard InChI is InChI=1S/C20H18FN7O3.C2HF3O2/c21-15-10-25-19(31)16(28-15)18(30)24-9-11-1-5-13(6-2-11)26-17(29)12-3-7-14(8-4-12)27-20(22)23;3-2(4,5)1(6)7/h1-8,10H,9H2,(H,24,30)(H,25,31)(H,26,29)(H4,22,23,27);(H,6,7). The Bertz CT molecular complexity index is 1380. The van der Waals surface area contributed by atoms with E-state index in [1.54, 1.807) is 48.5 Å². The Morgan fingerprint density at radius 3 is 2.11 bits per heavy atom. The lowest BCUT2D eigenvalue weighted by Crippen LogP contribution is -2.31. The summed E-state index contributed by atoms with van der Waals surface area (Å²) in [5.41, 5.74) is 11.4. The minimum absolute atomic E-state index is 0.0764. The van der Waals surface area contributed by atoms with Crippen LogP contribution in [0.15, 0.2) is 64.5 Å². The molecular weight excluding hydrogens is 518 g/mol. The van der Waals surface area contributed by atoms with Crippen LogP contribution in [0.3, 0.4) is 0 Å². The summed E-state index contributed by atoms with van der Waals surface area (Å²) >= 11 is 0. The van der Waals surface area contributed by atoms with E-state index in [2.05, 4.69) is 25.6 Å². The average Bonchev–Trinajstić information content (AvgIpc) is 2.84. The second-order valence-corrected chi connectivity index (χ2v) is 7.12. The molecular formula is C22H19F4N7O5. The van der Waals surface area contributed by atoms with Crippen molar-refractivity contribution in [2.75, 3.05) is 5.32 Å². The molecule has 1 aromatic heterocycles. The first-order valence-electron chi connectivity index (χ1n) is 10.2. The van der Waals surface area contributed by atoms with Crippen LogP contribution in [0.1, 0.15) is 26.4 Å². The third-order valence-corrected chi connectivity index (χ3v) is 4.27. The zero-order valence-electron chi connectivity index (χ0n) is 19.0. The number of aliphatic carboxylic acids is 1. The molecule has 0 aliphatic rings. The number of carboxylic acids is 1. The second kappa shape index (κ2) is 12.6. The van der Waals surface area contributed by atoms with Crippen LogP contribution in [0.5, 0.6) is 0 Å². The number of carbonyl (C=O) groups is 3. The van der Waals surface area contributed by atoms with E-state index in [4.69, 9.17) is 21.4 Å². The minimum atomic E-state index is -5.08. The first-order valence-corrected chi connectivity index (χ1v) is 10.2. The molecule has 0 saturated carbocycles. The largest absolute Gasteiger partial charge is 0.490 e. The number of guanidine groups is 1. The number of hydrogen-bond acceptors (Lipinski definition) is 6. The number of anilines is 1. The Hall–Kier alpha value is -5.28. The molecule has 1 heterocycles. The number of alkyl halides is 3. The molecule has 0 radical (unpaired) electrons. The molecule has 0 aliphatic carbocycles. The Labute approximate surface area is 210 Å². The fraction of sp³-hybridized carbons (Fsp3) is 0.0909. The first kappa shape index (κ1) is 29.0. The lowest BCUT2D eigenvalue weighted by atomic mass is 10.1. The number of benzene rings is 2. The minimum Gasteiger partial charge on any atom is -0.475 e. The number of nitrogens with one attached hydrogen (secondary N) is 3. The molecule has 0 fully saturated rings. The SMILES string of the molecule is NC(N)=Nc1ccc(C(=O)Nc2ccc(CNC(=O)c3nc(F)c[nH]c3=O)cc2)cc1.O=C(O)C(F)(F)F. The second-order valence-electron chi connectivity index (χ2n) is 7.12. The summed E-state index contributed by atoms with van der Waals surface area (Å²) in [6.45, 7) is 0.0803. The van der Waals surface area contributed by atoms with Crippen molar-refractivity contribution in [1.82, 2.24) is 15.3 Å². The van der Waals surface area contributed by atoms with Crippen molar-refractivity contribution in [2.24, 2.45) is 16.5 Å². The molecule has 16 heteroatoms. The molecule has 0 saturated heterocycles. The van der Waals surface area contributed by atoms with Gasteiger partial charge in [0.05, 0.1) is 11.9 Å². The summed E-state index contributed by atoms with van der Waals surface area (Å²) in [6.07, 6.45) is -4.32. The summed E-state index contributed by atoms with van der Waals surface area (Å²) in [5, 5.41) is 12.4. The van der Waals surface area contributed by atoms with E-state index in [0.29, 0.717) is 22.5 Å². The highest BCUT2D eigenvalue weighted by Crippen LogP contribution is 2.15. The van der Waals surface area contributed by atoms with Gasteiger partial charge < -0.3 is 32.2 Å². The monoisotopic (exact) mass is 537 g/mol. The van der Waals surface area contributed by atoms with Gasteiger partial charge in [0.15, 0.2) is 11.7 Å². The normalized spacial score (nSPS) is 10.4. The summed E-state index contributed by atoms with van der Waals surface area (Å²) in [6, 6.07) is 13.1. The van der Waals surface area contributed by atoms with Gasteiger partial charge >= 0.3 is 12.1 Å². The van der Waals surface area contributed by atoms with Gasteiger partial charge in [-0.15, -0.1) is 0 Å². The van der Waals surface area contributed by atoms with Gasteiger partial charge in [-0.25, -0.2) is 14.8 Å². The molecule has 12 nitrogen and oxygen atoms in total. The van der Waals surface area contributed by atoms with Crippen molar-refractivity contribution in [2.45, 2.75) is 12.7 Å². The first-order chi connectivity index (χ1) is 17.8. The number of aliphatic imine (C=N–C) groups is 1. The molecule has 2 aromatic carbocycles. The van der Waals surface area contributed by atoms with Gasteiger partial charge in [0.1, 0.15) is 0 Å². The number of carbonyl (C=O) groups excluding carboxylic acids is 2. The van der Waals surface area contributed by atoms with Crippen molar-refractivity contribution in [3.8, 4) is 0 Å². The summed E-state index contributed by atoms with van der Waals surface area (Å²) in [5.74, 6) is -4.92. The fourth-order valence-corrected chi connectivity index (χ4v) is 2.55. The van der Waals surface area contributed by atoms with Gasteiger partial charge in [-0.3, -0.25) is 14.4 Å². The van der Waals surface area contributed by atoms with Crippen LogP contribution < -0.4 is 27.7 Å². The molecule has 0 unspecified atom stereocenters. The van der Waals surface area contributed by atoms with Crippen LogP contribution in [0.2, 0.25) is 0 Å². The van der Waals surface area contributed by atoms with E-state index in [1.807, 2.05) is 0 Å². The molecule has 38 heavy (non-hydrogen) atoms. The topological polar surface area (TPSA) is 206 Å². The number of amides is 2. The van der Waals surface area contributed by atoms with Crippen molar-refractivity contribution in [3.05, 3.63) is 87.9 Å². The Kier molecular flexibility index (Phi) is 9.61. The number of halogens is 4. The molecule has 200 valence electrons. The fourth-order valence-electron chi connectivity index (χ4n) is 2.55. The zero-order valence-corrected chi connectivity index (χ0v) is 19.0. The number of carboxylic acid groups (broad SMARTS) is 1. The highest BCUT2D eigenvalue weighted by atomic mass is 19.4. The quantitative estimate of drug-likeness (QED) is 0.154. The highest BCUT2D eigenvalue weighted by Gasteiger charge is 2.38. The molecule has 3 aromatic rings. The van der Waals surface area contributed by atoms with Crippen LogP contribution in [0.4, 0.5) is 28.9 Å². The van der Waals surface area contributed by atoms with Gasteiger partial charge in [-0.05, 0) is 42.0 Å². The van der Waals surface area contributed by atoms with E-state index >= 15 is 0 Å². The number of aromatic nitrogens is 2. The van der Waals surface area contributed by atoms with Crippen LogP contribution >= 0.6 is 0 Å². The lowest BCUT2D eigenvalue weighted by Gasteiger charge is -2.08. The van der Waals surface area contributed by atoms with Crippen molar-refractivity contribution in [1.29, 1.82) is 0 Å². The maximum Gasteiger partial charge on any atom is 0.490 e. The molecule has 0 bridgehead atoms. The molecule has 8 N–H and O–H groups in total. The van der Waals surface area contributed by atoms with E-state index < -0.39 is 35.3 Å². The van der Waals surface area contributed by atoms with Crippen molar-refractivity contribution >= 4 is 35.1 Å². The summed E-state index contributed by atoms with van der Waals surface area (Å²) in [4.78, 5) is 54.0. The smallest absolute Gasteiger partial charge is 0.475 e. The van der Waals surface area contributed by atoms with Crippen LogP contribution in [0.25, 0.3) is 0 Å². The maximum absolute atomic E-state index is 13.1. The van der Waals surface area contributed by atoms with Gasteiger partial charge in [0, 0.05) is 17.8 Å². The number of nitrogens with two attached hydrogens (primary N) is 2. The van der Waals surface area contributed by atoms with Crippen molar-refractivity contribution in [3.63, 3.8) is 0 Å². The van der Waals surface area contributed by atoms with Gasteiger partial charge in [-0.1, -0.05) is 12.1 Å². The van der Waals surface area contributed by atoms with E-state index in [1.165, 1.54) is 0 Å². The van der Waals surface area contributed by atoms with E-state index in [9.17, 15) is 31.9 Å². The summed E-state index contributed by atoms with van der Waals surface area (Å²) < 4.78 is 44.8. The number of nitrogens with zero attached hydrogens (tertiary/aromatic N) is 2. The number of aromatic amines is 1. The van der Waals surface area contributed by atoms with Crippen LogP contribution in [-0.2, 0) is 11.3 Å². The molecule has 0 aliphatic heterocycles. The molecule has 3 rings (SSSR count). The van der Waals surface area contributed by atoms with Crippen LogP contribution in [0, 0.1) is 5.95 Å². The lowest BCUT2D eigenvalue weighted by molar-refractivity contribution is -0.192. The maximum atomic E-state index is 13.1. The average molecular weight is 537 g/mol. The Morgan fingerprint density at radius 1 is 1.00 bits per heavy atom. The Balaban J connectivity index is 0.000000638. The number of hydrogen-bond donors (Lipinski definition) is 6. The molecule has 0 atom stereocenters. The van der Waals surface area contributed by atoms with Gasteiger partial charge in [0.2, 0.25) is 5.95 Å². The van der Waals surface area contributed by atoms with Gasteiger partial charge in [0.25, 0.3) is 17.4 Å². The number of rotatable bonds is 6. The van der Waals surface area contributed by atoms with E-state index in [0.717, 1.165) is 6.20 Å². The van der Waals surface area contributed by atoms with Crippen molar-refractivity contribution < 1.29 is 37.1 Å². The predicted molar refractivity (Wildman–Crippen MR) is 126 cm³/mol. The van der Waals surface area contributed by atoms with Crippen LogP contribution in [-0.4, -0.2) is 45.0 Å². The number of H-pyrrole nitrogens is 1. The van der Waals surface area contributed by atoms with E-state index in [-0.39, 0.29) is 18.4 Å². The zero-order chi connectivity index (χ0) is 28.5. The highest BCUT2D eigenvalue weighted by molar-refractivity contribution is 6.04. The molecule has 0 spiro atoms. The third kappa shape index (κ3) is 9.06. The Morgan fingerprint density at radius 2 is 1.58 bits per heavy atom. The molecule has 2 amide bonds.